The molecule has 7 heteroatoms. The third-order valence-electron chi connectivity index (χ3n) is 1.25. The van der Waals surface area contributed by atoms with Crippen LogP contribution < -0.4 is 11.5 Å². The second-order valence-electron chi connectivity index (χ2n) is 2.27. The maximum Gasteiger partial charge on any atom is 0.211 e. The second-order valence-corrected chi connectivity index (χ2v) is 3.03. The molecule has 0 saturated heterocycles. The fourth-order valence-electron chi connectivity index (χ4n) is 0.694. The Morgan fingerprint density at radius 3 is 2.71 bits per heavy atom. The van der Waals surface area contributed by atoms with Gasteiger partial charge in [0.2, 0.25) is 5.96 Å². The van der Waals surface area contributed by atoms with E-state index >= 15 is 0 Å². The summed E-state index contributed by atoms with van der Waals surface area (Å²) >= 11 is 11.6. The van der Waals surface area contributed by atoms with Gasteiger partial charge in [-0.05, 0) is 6.07 Å². The molecule has 0 aliphatic heterocycles. The minimum Gasteiger partial charge on any atom is -0.369 e. The summed E-state index contributed by atoms with van der Waals surface area (Å²) in [7, 11) is 0. The summed E-state index contributed by atoms with van der Waals surface area (Å²) in [4.78, 5) is 3.82. The summed E-state index contributed by atoms with van der Waals surface area (Å²) in [6.45, 7) is 0. The molecule has 14 heavy (non-hydrogen) atoms. The number of nitrogens with zero attached hydrogens (tertiary/aromatic N) is 3. The number of aromatic nitrogens is 1. The van der Waals surface area contributed by atoms with Crippen molar-refractivity contribution in [2.24, 2.45) is 21.7 Å². The van der Waals surface area contributed by atoms with Crippen molar-refractivity contribution in [3.63, 3.8) is 0 Å². The zero-order valence-corrected chi connectivity index (χ0v) is 8.50. The molecule has 74 valence electrons. The SMILES string of the molecule is NC(N)=N/N=C/c1c(Cl)ccnc1Cl. The summed E-state index contributed by atoms with van der Waals surface area (Å²) in [5.41, 5.74) is 10.6. The van der Waals surface area contributed by atoms with Crippen LogP contribution >= 0.6 is 23.2 Å². The van der Waals surface area contributed by atoms with Gasteiger partial charge in [0, 0.05) is 6.20 Å². The third-order valence-corrected chi connectivity index (χ3v) is 1.88. The van der Waals surface area contributed by atoms with E-state index in [1.54, 1.807) is 6.07 Å². The lowest BCUT2D eigenvalue weighted by Crippen LogP contribution is -2.21. The normalized spacial score (nSPS) is 10.4. The van der Waals surface area contributed by atoms with E-state index in [1.165, 1.54) is 12.4 Å². The summed E-state index contributed by atoms with van der Waals surface area (Å²) in [6.07, 6.45) is 2.82. The molecule has 0 aliphatic rings. The van der Waals surface area contributed by atoms with Gasteiger partial charge in [-0.25, -0.2) is 4.98 Å². The van der Waals surface area contributed by atoms with Crippen LogP contribution in [-0.4, -0.2) is 17.2 Å². The van der Waals surface area contributed by atoms with Crippen LogP contribution in [0.5, 0.6) is 0 Å². The predicted molar refractivity (Wildman–Crippen MR) is 57.7 cm³/mol. The average molecular weight is 232 g/mol. The number of halogens is 2. The summed E-state index contributed by atoms with van der Waals surface area (Å²) < 4.78 is 0. The first-order valence-electron chi connectivity index (χ1n) is 3.53. The van der Waals surface area contributed by atoms with Crippen LogP contribution in [0.15, 0.2) is 22.5 Å². The molecule has 0 spiro atoms. The summed E-state index contributed by atoms with van der Waals surface area (Å²) in [5, 5.41) is 7.64. The topological polar surface area (TPSA) is 89.7 Å². The Morgan fingerprint density at radius 2 is 2.14 bits per heavy atom. The van der Waals surface area contributed by atoms with Crippen molar-refractivity contribution >= 4 is 35.4 Å². The highest BCUT2D eigenvalue weighted by molar-refractivity contribution is 6.37. The predicted octanol–water partition coefficient (Wildman–Crippen LogP) is 0.996. The van der Waals surface area contributed by atoms with Crippen LogP contribution in [0.4, 0.5) is 0 Å². The molecular weight excluding hydrogens is 225 g/mol. The quantitative estimate of drug-likeness (QED) is 0.345. The number of rotatable bonds is 2. The Kier molecular flexibility index (Phi) is 3.67. The van der Waals surface area contributed by atoms with Gasteiger partial charge in [0.15, 0.2) is 0 Å². The lowest BCUT2D eigenvalue weighted by atomic mass is 10.3. The van der Waals surface area contributed by atoms with E-state index in [0.717, 1.165) is 0 Å². The van der Waals surface area contributed by atoms with Crippen molar-refractivity contribution in [2.45, 2.75) is 0 Å². The molecule has 0 bridgehead atoms. The molecule has 1 aromatic rings. The van der Waals surface area contributed by atoms with Gasteiger partial charge >= 0.3 is 0 Å². The van der Waals surface area contributed by atoms with E-state index < -0.39 is 0 Å². The molecule has 5 nitrogen and oxygen atoms in total. The van der Waals surface area contributed by atoms with Crippen LogP contribution in [0, 0.1) is 0 Å². The smallest absolute Gasteiger partial charge is 0.211 e. The highest BCUT2D eigenvalue weighted by Crippen LogP contribution is 2.19. The van der Waals surface area contributed by atoms with Gasteiger partial charge in [0.05, 0.1) is 16.8 Å². The van der Waals surface area contributed by atoms with Gasteiger partial charge in [-0.1, -0.05) is 23.2 Å². The number of hydrogen-bond donors (Lipinski definition) is 2. The molecule has 0 atom stereocenters. The van der Waals surface area contributed by atoms with Crippen molar-refractivity contribution in [3.05, 3.63) is 28.0 Å². The Balaban J connectivity index is 2.97. The van der Waals surface area contributed by atoms with Crippen molar-refractivity contribution in [3.8, 4) is 0 Å². The molecule has 0 saturated carbocycles. The average Bonchev–Trinajstić information content (AvgIpc) is 2.09. The first-order chi connectivity index (χ1) is 6.61. The highest BCUT2D eigenvalue weighted by Gasteiger charge is 2.02. The lowest BCUT2D eigenvalue weighted by Gasteiger charge is -1.97. The van der Waals surface area contributed by atoms with Crippen molar-refractivity contribution in [2.75, 3.05) is 0 Å². The fourth-order valence-corrected chi connectivity index (χ4v) is 1.14. The van der Waals surface area contributed by atoms with Gasteiger partial charge < -0.3 is 11.5 Å². The Morgan fingerprint density at radius 1 is 1.43 bits per heavy atom. The van der Waals surface area contributed by atoms with Crippen molar-refractivity contribution < 1.29 is 0 Å². The van der Waals surface area contributed by atoms with Crippen LogP contribution in [0.25, 0.3) is 0 Å². The molecule has 0 radical (unpaired) electrons. The van der Waals surface area contributed by atoms with E-state index in [2.05, 4.69) is 15.2 Å². The van der Waals surface area contributed by atoms with Crippen molar-refractivity contribution in [1.29, 1.82) is 0 Å². The monoisotopic (exact) mass is 231 g/mol. The lowest BCUT2D eigenvalue weighted by molar-refractivity contribution is 1.21. The standard InChI is InChI=1S/C7H7Cl2N5/c8-5-1-2-12-6(9)4(5)3-13-14-7(10)11/h1-3H,(H4,10,11,14)/b13-3+. The van der Waals surface area contributed by atoms with Gasteiger partial charge in [0.25, 0.3) is 0 Å². The van der Waals surface area contributed by atoms with Gasteiger partial charge in [-0.15, -0.1) is 5.10 Å². The Bertz CT molecular complexity index is 363. The Hall–Kier alpha value is -1.33. The molecule has 0 aliphatic carbocycles. The molecule has 1 aromatic heterocycles. The van der Waals surface area contributed by atoms with Gasteiger partial charge in [-0.2, -0.15) is 5.10 Å². The van der Waals surface area contributed by atoms with Gasteiger partial charge in [-0.3, -0.25) is 0 Å². The zero-order chi connectivity index (χ0) is 10.6. The molecule has 0 fully saturated rings. The van der Waals surface area contributed by atoms with E-state index in [4.69, 9.17) is 34.7 Å². The maximum atomic E-state index is 5.82. The largest absolute Gasteiger partial charge is 0.369 e. The van der Waals surface area contributed by atoms with E-state index in [9.17, 15) is 0 Å². The third kappa shape index (κ3) is 2.86. The molecule has 0 unspecified atom stereocenters. The van der Waals surface area contributed by atoms with Crippen LogP contribution in [0.2, 0.25) is 10.2 Å². The van der Waals surface area contributed by atoms with E-state index in [0.29, 0.717) is 10.6 Å². The maximum absolute atomic E-state index is 5.82. The second kappa shape index (κ2) is 4.78. The molecule has 1 rings (SSSR count). The minimum absolute atomic E-state index is 0.141. The molecule has 4 N–H and O–H groups in total. The summed E-state index contributed by atoms with van der Waals surface area (Å²) in [5.74, 6) is -0.141. The van der Waals surface area contributed by atoms with Crippen molar-refractivity contribution in [1.82, 2.24) is 4.98 Å². The minimum atomic E-state index is -0.141. The molecule has 1 heterocycles. The van der Waals surface area contributed by atoms with Crippen LogP contribution in [-0.2, 0) is 0 Å². The first-order valence-corrected chi connectivity index (χ1v) is 4.29. The fraction of sp³-hybridized carbons (Fsp3) is 0. The molecule has 0 aromatic carbocycles. The number of nitrogens with two attached hydrogens (primary N) is 2. The summed E-state index contributed by atoms with van der Waals surface area (Å²) in [6, 6.07) is 1.59. The van der Waals surface area contributed by atoms with E-state index in [-0.39, 0.29) is 11.1 Å². The molecular formula is C7H7Cl2N5. The van der Waals surface area contributed by atoms with Gasteiger partial charge in [0.1, 0.15) is 5.15 Å². The van der Waals surface area contributed by atoms with Crippen LogP contribution in [0.1, 0.15) is 5.56 Å². The number of pyridine rings is 1. The Labute approximate surface area is 90.4 Å². The highest BCUT2D eigenvalue weighted by atomic mass is 35.5. The van der Waals surface area contributed by atoms with E-state index in [1.807, 2.05) is 0 Å². The molecule has 0 amide bonds. The zero-order valence-electron chi connectivity index (χ0n) is 6.98. The van der Waals surface area contributed by atoms with Crippen LogP contribution in [0.3, 0.4) is 0 Å². The number of hydrogen-bond acceptors (Lipinski definition) is 3. The first kappa shape index (κ1) is 10.7. The number of guanidine groups is 1.